The summed E-state index contributed by atoms with van der Waals surface area (Å²) in [4.78, 5) is 50.6. The maximum absolute atomic E-state index is 12.1. The van der Waals surface area contributed by atoms with E-state index < -0.39 is 24.0 Å². The quantitative estimate of drug-likeness (QED) is 0.453. The molecule has 39 heavy (non-hydrogen) atoms. The number of anilines is 2. The molecule has 0 spiro atoms. The first-order chi connectivity index (χ1) is 18.5. The van der Waals surface area contributed by atoms with Crippen molar-refractivity contribution >= 4 is 51.1 Å². The Kier molecular flexibility index (Phi) is 9.96. The molecule has 0 bridgehead atoms. The van der Waals surface area contributed by atoms with Crippen LogP contribution in [0.1, 0.15) is 38.8 Å². The van der Waals surface area contributed by atoms with E-state index in [2.05, 4.69) is 15.9 Å². The maximum Gasteiger partial charge on any atom is 0.328 e. The fraction of sp³-hybridized carbons (Fsp3) is 0.429. The molecule has 2 amide bonds. The first-order valence-electron chi connectivity index (χ1n) is 12.6. The van der Waals surface area contributed by atoms with Gasteiger partial charge in [-0.25, -0.2) is 9.59 Å². The number of rotatable bonds is 6. The smallest absolute Gasteiger partial charge is 0.328 e. The van der Waals surface area contributed by atoms with Crippen molar-refractivity contribution in [3.63, 3.8) is 0 Å². The highest BCUT2D eigenvalue weighted by Crippen LogP contribution is 2.38. The van der Waals surface area contributed by atoms with Gasteiger partial charge in [0.05, 0.1) is 24.6 Å². The van der Waals surface area contributed by atoms with Gasteiger partial charge in [0.15, 0.2) is 13.2 Å². The summed E-state index contributed by atoms with van der Waals surface area (Å²) in [6, 6.07) is 7.82. The number of esters is 2. The van der Waals surface area contributed by atoms with Gasteiger partial charge in [-0.15, -0.1) is 0 Å². The number of carbonyl (C=O) groups is 4. The van der Waals surface area contributed by atoms with E-state index in [0.29, 0.717) is 29.5 Å². The van der Waals surface area contributed by atoms with Crippen LogP contribution in [0.3, 0.4) is 0 Å². The third-order valence-corrected chi connectivity index (χ3v) is 7.00. The van der Waals surface area contributed by atoms with Crippen LogP contribution < -0.4 is 19.3 Å². The fourth-order valence-electron chi connectivity index (χ4n) is 4.16. The summed E-state index contributed by atoms with van der Waals surface area (Å²) in [7, 11) is 0. The molecular weight excluding hydrogens is 572 g/mol. The average molecular weight is 605 g/mol. The molecule has 2 unspecified atom stereocenters. The van der Waals surface area contributed by atoms with Gasteiger partial charge in [0, 0.05) is 4.47 Å². The van der Waals surface area contributed by atoms with Gasteiger partial charge in [-0.3, -0.25) is 19.4 Å². The summed E-state index contributed by atoms with van der Waals surface area (Å²) in [5.41, 5.74) is 3.24. The van der Waals surface area contributed by atoms with Gasteiger partial charge in [-0.1, -0.05) is 22.0 Å². The van der Waals surface area contributed by atoms with Gasteiger partial charge in [0.2, 0.25) is 0 Å². The summed E-state index contributed by atoms with van der Waals surface area (Å²) in [5.74, 6) is -0.113. The van der Waals surface area contributed by atoms with Crippen LogP contribution in [0, 0.1) is 13.8 Å². The normalized spacial score (nSPS) is 15.5. The number of hydrogen-bond acceptors (Lipinski definition) is 8. The number of ether oxygens (including phenoxy) is 4. The standard InChI is InChI=1S/C14H16BrNO4.C14H17NO4/c1-4-19-14(18)9(3)16-11-6-10(15)8(2)5-12(11)20-7-13(16)17;1-4-18-14(17)10(3)15-11-6-5-9(2)7-12(11)19-8-13(15)16/h5-6,9H,4,7H2,1-3H3;5-7,10H,4,8H2,1-3H3. The summed E-state index contributed by atoms with van der Waals surface area (Å²) >= 11 is 3.43. The van der Waals surface area contributed by atoms with Gasteiger partial charge < -0.3 is 18.9 Å². The van der Waals surface area contributed by atoms with E-state index in [4.69, 9.17) is 18.9 Å². The van der Waals surface area contributed by atoms with E-state index in [0.717, 1.165) is 15.6 Å². The van der Waals surface area contributed by atoms with E-state index in [1.807, 2.05) is 32.0 Å². The van der Waals surface area contributed by atoms with Crippen molar-refractivity contribution in [2.24, 2.45) is 0 Å². The number of benzene rings is 2. The monoisotopic (exact) mass is 604 g/mol. The molecule has 2 heterocycles. The molecule has 4 rings (SSSR count). The van der Waals surface area contributed by atoms with Crippen molar-refractivity contribution in [1.82, 2.24) is 0 Å². The first-order valence-corrected chi connectivity index (χ1v) is 13.4. The number of nitrogens with zero attached hydrogens (tertiary/aromatic N) is 2. The molecule has 2 aliphatic heterocycles. The Morgan fingerprint density at radius 1 is 0.846 bits per heavy atom. The summed E-state index contributed by atoms with van der Waals surface area (Å²) in [5, 5.41) is 0. The van der Waals surface area contributed by atoms with Crippen LogP contribution in [0.4, 0.5) is 11.4 Å². The Balaban J connectivity index is 0.000000216. The molecule has 0 fully saturated rings. The first kappa shape index (κ1) is 29.9. The average Bonchev–Trinajstić information content (AvgIpc) is 2.89. The zero-order valence-electron chi connectivity index (χ0n) is 22.9. The molecule has 0 aromatic heterocycles. The number of amides is 2. The predicted molar refractivity (Wildman–Crippen MR) is 148 cm³/mol. The SMILES string of the molecule is CCOC(=O)C(C)N1C(=O)COc2cc(C)c(Br)cc21.CCOC(=O)C(C)N1C(=O)COc2cc(C)ccc21. The highest BCUT2D eigenvalue weighted by Gasteiger charge is 2.35. The highest BCUT2D eigenvalue weighted by atomic mass is 79.9. The minimum Gasteiger partial charge on any atom is -0.482 e. The Morgan fingerprint density at radius 2 is 1.33 bits per heavy atom. The molecule has 2 aromatic rings. The van der Waals surface area contributed by atoms with Crippen molar-refractivity contribution in [3.05, 3.63) is 45.9 Å². The second-order valence-electron chi connectivity index (χ2n) is 9.00. The van der Waals surface area contributed by atoms with Gasteiger partial charge in [0.1, 0.15) is 23.6 Å². The van der Waals surface area contributed by atoms with Crippen molar-refractivity contribution in [2.75, 3.05) is 36.2 Å². The Hall–Kier alpha value is -3.60. The van der Waals surface area contributed by atoms with Gasteiger partial charge in [0.25, 0.3) is 11.8 Å². The van der Waals surface area contributed by atoms with Crippen LogP contribution in [0.5, 0.6) is 11.5 Å². The Bertz CT molecular complexity index is 1260. The van der Waals surface area contributed by atoms with Crippen LogP contribution in [0.2, 0.25) is 0 Å². The predicted octanol–water partition coefficient (Wildman–Crippen LogP) is 4.11. The maximum atomic E-state index is 12.1. The summed E-state index contributed by atoms with van der Waals surface area (Å²) < 4.78 is 21.6. The molecule has 2 aromatic carbocycles. The molecule has 0 radical (unpaired) electrons. The van der Waals surface area contributed by atoms with Crippen molar-refractivity contribution in [1.29, 1.82) is 0 Å². The second kappa shape index (κ2) is 13.0. The molecule has 210 valence electrons. The molecule has 2 aliphatic rings. The van der Waals surface area contributed by atoms with Gasteiger partial charge in [-0.05, 0) is 76.9 Å². The van der Waals surface area contributed by atoms with E-state index in [9.17, 15) is 19.2 Å². The van der Waals surface area contributed by atoms with E-state index in [-0.39, 0.29) is 31.6 Å². The summed E-state index contributed by atoms with van der Waals surface area (Å²) in [6.45, 7) is 11.1. The van der Waals surface area contributed by atoms with Crippen LogP contribution in [-0.4, -0.2) is 62.3 Å². The fourth-order valence-corrected chi connectivity index (χ4v) is 4.49. The lowest BCUT2D eigenvalue weighted by atomic mass is 10.1. The molecule has 11 heteroatoms. The van der Waals surface area contributed by atoms with Crippen LogP contribution in [0.25, 0.3) is 0 Å². The Labute approximate surface area is 236 Å². The van der Waals surface area contributed by atoms with E-state index in [1.54, 1.807) is 39.8 Å². The van der Waals surface area contributed by atoms with E-state index in [1.165, 1.54) is 9.80 Å². The van der Waals surface area contributed by atoms with Crippen LogP contribution in [0.15, 0.2) is 34.8 Å². The minimum atomic E-state index is -0.681. The van der Waals surface area contributed by atoms with E-state index >= 15 is 0 Å². The number of hydrogen-bond donors (Lipinski definition) is 0. The van der Waals surface area contributed by atoms with Crippen molar-refractivity contribution in [3.8, 4) is 11.5 Å². The molecule has 0 saturated carbocycles. The molecule has 0 aliphatic carbocycles. The topological polar surface area (TPSA) is 112 Å². The van der Waals surface area contributed by atoms with Crippen LogP contribution >= 0.6 is 15.9 Å². The van der Waals surface area contributed by atoms with Crippen molar-refractivity contribution < 1.29 is 38.1 Å². The molecular formula is C28H33BrN2O8. The highest BCUT2D eigenvalue weighted by molar-refractivity contribution is 9.10. The number of carbonyl (C=O) groups excluding carboxylic acids is 4. The largest absolute Gasteiger partial charge is 0.482 e. The lowest BCUT2D eigenvalue weighted by molar-refractivity contribution is -0.146. The van der Waals surface area contributed by atoms with Crippen LogP contribution in [-0.2, 0) is 28.7 Å². The molecule has 2 atom stereocenters. The number of fused-ring (bicyclic) bond motifs is 2. The minimum absolute atomic E-state index is 0.0554. The van der Waals surface area contributed by atoms with Crippen molar-refractivity contribution in [2.45, 2.75) is 53.6 Å². The third kappa shape index (κ3) is 6.70. The zero-order valence-corrected chi connectivity index (χ0v) is 24.5. The third-order valence-electron chi connectivity index (χ3n) is 6.14. The lowest BCUT2D eigenvalue weighted by Gasteiger charge is -2.33. The molecule has 10 nitrogen and oxygen atoms in total. The zero-order chi connectivity index (χ0) is 28.9. The molecule has 0 saturated heterocycles. The lowest BCUT2D eigenvalue weighted by Crippen LogP contribution is -2.48. The Morgan fingerprint density at radius 3 is 1.85 bits per heavy atom. The second-order valence-corrected chi connectivity index (χ2v) is 9.86. The summed E-state index contributed by atoms with van der Waals surface area (Å²) in [6.07, 6.45) is 0. The molecule has 0 N–H and O–H groups in total. The number of aryl methyl sites for hydroxylation is 2. The van der Waals surface area contributed by atoms with Gasteiger partial charge in [-0.2, -0.15) is 0 Å². The number of halogens is 1. The van der Waals surface area contributed by atoms with Gasteiger partial charge >= 0.3 is 11.9 Å².